The van der Waals surface area contributed by atoms with Crippen molar-refractivity contribution in [2.75, 3.05) is 4.90 Å². The fraction of sp³-hybridized carbons (Fsp3) is 0.0938. The Hall–Kier alpha value is -4.95. The number of benzene rings is 4. The number of halogens is 2. The first-order valence-corrected chi connectivity index (χ1v) is 13.0. The highest BCUT2D eigenvalue weighted by Gasteiger charge is 2.36. The number of carbonyl (C=O) groups excluding carboxylic acids is 3. The number of nitrogens with zero attached hydrogens (tertiary/aromatic N) is 1. The number of carbonyl (C=O) groups is 3. The molecule has 0 bridgehead atoms. The van der Waals surface area contributed by atoms with Gasteiger partial charge in [0.15, 0.2) is 0 Å². The minimum Gasteiger partial charge on any atom is -0.489 e. The van der Waals surface area contributed by atoms with Gasteiger partial charge in [-0.15, -0.1) is 0 Å². The van der Waals surface area contributed by atoms with Crippen molar-refractivity contribution in [1.29, 1.82) is 0 Å². The van der Waals surface area contributed by atoms with E-state index in [0.29, 0.717) is 23.7 Å². The Kier molecular flexibility index (Phi) is 8.12. The molecular formula is C32H24ClFN2O5. The molecular weight excluding hydrogens is 547 g/mol. The summed E-state index contributed by atoms with van der Waals surface area (Å²) in [6.07, 6.45) is 1.35. The van der Waals surface area contributed by atoms with Gasteiger partial charge in [-0.3, -0.25) is 14.9 Å². The number of urea groups is 1. The second kappa shape index (κ2) is 12.1. The summed E-state index contributed by atoms with van der Waals surface area (Å²) in [6.45, 7) is 2.55. The Bertz CT molecular complexity index is 1630. The maximum absolute atomic E-state index is 13.3. The number of aryl methyl sites for hydroxylation is 1. The summed E-state index contributed by atoms with van der Waals surface area (Å²) in [5, 5.41) is 2.46. The van der Waals surface area contributed by atoms with Gasteiger partial charge in [0, 0.05) is 0 Å². The number of ether oxygens (including phenoxy) is 2. The summed E-state index contributed by atoms with van der Waals surface area (Å²) < 4.78 is 24.6. The van der Waals surface area contributed by atoms with Gasteiger partial charge in [0.2, 0.25) is 0 Å². The molecule has 1 aliphatic rings. The van der Waals surface area contributed by atoms with E-state index in [0.717, 1.165) is 21.6 Å². The van der Waals surface area contributed by atoms with Crippen molar-refractivity contribution in [3.05, 3.63) is 130 Å². The lowest BCUT2D eigenvalue weighted by Crippen LogP contribution is -2.54. The van der Waals surface area contributed by atoms with Gasteiger partial charge >= 0.3 is 6.03 Å². The van der Waals surface area contributed by atoms with Crippen LogP contribution in [0.2, 0.25) is 5.02 Å². The van der Waals surface area contributed by atoms with Crippen LogP contribution in [-0.2, 0) is 22.8 Å². The number of anilines is 1. The van der Waals surface area contributed by atoms with Crippen LogP contribution in [0.25, 0.3) is 6.08 Å². The van der Waals surface area contributed by atoms with E-state index >= 15 is 0 Å². The number of hydrogen-bond acceptors (Lipinski definition) is 5. The van der Waals surface area contributed by atoms with Crippen LogP contribution in [0.1, 0.15) is 22.3 Å². The molecule has 0 unspecified atom stereocenters. The summed E-state index contributed by atoms with van der Waals surface area (Å²) in [7, 11) is 0. The lowest BCUT2D eigenvalue weighted by molar-refractivity contribution is -0.122. The highest BCUT2D eigenvalue weighted by molar-refractivity contribution is 6.39. The van der Waals surface area contributed by atoms with Gasteiger partial charge in [0.1, 0.15) is 36.1 Å². The normalized spacial score (nSPS) is 14.3. The number of rotatable bonds is 8. The lowest BCUT2D eigenvalue weighted by Gasteiger charge is -2.26. The Morgan fingerprint density at radius 1 is 0.829 bits per heavy atom. The molecule has 41 heavy (non-hydrogen) atoms. The molecule has 0 spiro atoms. The molecule has 1 saturated heterocycles. The van der Waals surface area contributed by atoms with Gasteiger partial charge in [0.05, 0.1) is 10.7 Å². The van der Waals surface area contributed by atoms with E-state index in [4.69, 9.17) is 21.1 Å². The Morgan fingerprint density at radius 3 is 2.12 bits per heavy atom. The topological polar surface area (TPSA) is 84.9 Å². The number of barbiturate groups is 1. The first kappa shape index (κ1) is 27.6. The second-order valence-corrected chi connectivity index (χ2v) is 9.74. The summed E-state index contributed by atoms with van der Waals surface area (Å²) in [6, 6.07) is 24.2. The van der Waals surface area contributed by atoms with E-state index in [9.17, 15) is 18.8 Å². The van der Waals surface area contributed by atoms with Crippen molar-refractivity contribution in [1.82, 2.24) is 5.32 Å². The van der Waals surface area contributed by atoms with Crippen LogP contribution in [0, 0.1) is 12.7 Å². The zero-order valence-electron chi connectivity index (χ0n) is 21.9. The predicted molar refractivity (Wildman–Crippen MR) is 153 cm³/mol. The predicted octanol–water partition coefficient (Wildman–Crippen LogP) is 6.61. The maximum Gasteiger partial charge on any atom is 0.335 e. The molecule has 1 N–H and O–H groups in total. The molecule has 9 heteroatoms. The van der Waals surface area contributed by atoms with E-state index < -0.39 is 17.8 Å². The summed E-state index contributed by atoms with van der Waals surface area (Å²) in [4.78, 5) is 39.3. The first-order chi connectivity index (χ1) is 19.8. The van der Waals surface area contributed by atoms with Crippen LogP contribution >= 0.6 is 11.6 Å². The highest BCUT2D eigenvalue weighted by atomic mass is 35.5. The molecule has 1 aliphatic heterocycles. The summed E-state index contributed by atoms with van der Waals surface area (Å²) >= 11 is 6.37. The van der Waals surface area contributed by atoms with Crippen molar-refractivity contribution in [3.63, 3.8) is 0 Å². The van der Waals surface area contributed by atoms with E-state index in [-0.39, 0.29) is 28.7 Å². The number of imide groups is 2. The number of amides is 4. The minimum atomic E-state index is -0.854. The van der Waals surface area contributed by atoms with Crippen LogP contribution in [0.3, 0.4) is 0 Å². The minimum absolute atomic E-state index is 0.175. The molecule has 4 aromatic rings. The molecule has 7 nitrogen and oxygen atoms in total. The van der Waals surface area contributed by atoms with Crippen LogP contribution in [-0.4, -0.2) is 17.8 Å². The molecule has 0 saturated carbocycles. The Morgan fingerprint density at radius 2 is 1.46 bits per heavy atom. The molecule has 1 fully saturated rings. The SMILES string of the molecule is Cc1ccc(COc2ccc(N3C(=O)NC(=O)/C(=C\c4ccc(OCc5ccc(F)cc5)c(Cl)c4)C3=O)cc2)cc1. The third-order valence-electron chi connectivity index (χ3n) is 6.30. The van der Waals surface area contributed by atoms with E-state index in [1.807, 2.05) is 31.2 Å². The molecule has 0 atom stereocenters. The molecule has 1 heterocycles. The number of nitrogens with one attached hydrogen (secondary N) is 1. The van der Waals surface area contributed by atoms with Gasteiger partial charge in [-0.25, -0.2) is 14.1 Å². The quantitative estimate of drug-likeness (QED) is 0.190. The molecule has 0 radical (unpaired) electrons. The monoisotopic (exact) mass is 570 g/mol. The molecule has 0 aromatic heterocycles. The zero-order chi connectivity index (χ0) is 28.9. The molecule has 206 valence electrons. The first-order valence-electron chi connectivity index (χ1n) is 12.6. The third kappa shape index (κ3) is 6.62. The van der Waals surface area contributed by atoms with Crippen LogP contribution in [0.5, 0.6) is 11.5 Å². The molecule has 4 amide bonds. The second-order valence-electron chi connectivity index (χ2n) is 9.33. The average Bonchev–Trinajstić information content (AvgIpc) is 2.96. The molecule has 0 aliphatic carbocycles. The molecule has 5 rings (SSSR count). The van der Waals surface area contributed by atoms with Gasteiger partial charge in [-0.2, -0.15) is 0 Å². The average molecular weight is 571 g/mol. The van der Waals surface area contributed by atoms with Crippen molar-refractivity contribution >= 4 is 41.2 Å². The fourth-order valence-electron chi connectivity index (χ4n) is 4.07. The standard InChI is InChI=1S/C32H24ClFN2O5/c1-20-2-4-21(5-3-20)18-40-26-13-11-25(12-14-26)36-31(38)27(30(37)35-32(36)39)16-23-8-15-29(28(33)17-23)41-19-22-6-9-24(34)10-7-22/h2-17H,18-19H2,1H3,(H,35,37,39)/b27-16+. The van der Waals surface area contributed by atoms with Crippen LogP contribution in [0.15, 0.2) is 96.6 Å². The van der Waals surface area contributed by atoms with Gasteiger partial charge in [0.25, 0.3) is 11.8 Å². The summed E-state index contributed by atoms with van der Waals surface area (Å²) in [5.74, 6) is -1.01. The number of hydrogen-bond donors (Lipinski definition) is 1. The van der Waals surface area contributed by atoms with Crippen molar-refractivity contribution < 1.29 is 28.2 Å². The van der Waals surface area contributed by atoms with Crippen LogP contribution in [0.4, 0.5) is 14.9 Å². The van der Waals surface area contributed by atoms with Crippen molar-refractivity contribution in [2.45, 2.75) is 20.1 Å². The van der Waals surface area contributed by atoms with Crippen LogP contribution < -0.4 is 19.7 Å². The third-order valence-corrected chi connectivity index (χ3v) is 6.59. The summed E-state index contributed by atoms with van der Waals surface area (Å²) in [5.41, 5.74) is 3.41. The van der Waals surface area contributed by atoms with Gasteiger partial charge in [-0.1, -0.05) is 59.6 Å². The lowest BCUT2D eigenvalue weighted by atomic mass is 10.1. The largest absolute Gasteiger partial charge is 0.489 e. The Balaban J connectivity index is 1.28. The van der Waals surface area contributed by atoms with E-state index in [1.165, 1.54) is 24.3 Å². The van der Waals surface area contributed by atoms with Crippen molar-refractivity contribution in [2.24, 2.45) is 0 Å². The Labute approximate surface area is 240 Å². The van der Waals surface area contributed by atoms with Crippen molar-refractivity contribution in [3.8, 4) is 11.5 Å². The zero-order valence-corrected chi connectivity index (χ0v) is 22.7. The smallest absolute Gasteiger partial charge is 0.335 e. The highest BCUT2D eigenvalue weighted by Crippen LogP contribution is 2.29. The van der Waals surface area contributed by atoms with Gasteiger partial charge < -0.3 is 9.47 Å². The van der Waals surface area contributed by atoms with E-state index in [1.54, 1.807) is 48.5 Å². The fourth-order valence-corrected chi connectivity index (χ4v) is 4.31. The molecule has 4 aromatic carbocycles. The maximum atomic E-state index is 13.3. The van der Waals surface area contributed by atoms with Gasteiger partial charge in [-0.05, 0) is 78.2 Å². The van der Waals surface area contributed by atoms with E-state index in [2.05, 4.69) is 5.32 Å².